The zero-order valence-electron chi connectivity index (χ0n) is 34.9. The number of benzene rings is 8. The normalized spacial score (nSPS) is 12.7. The second-order valence-corrected chi connectivity index (χ2v) is 16.6. The highest BCUT2D eigenvalue weighted by Gasteiger charge is 2.52. The molecule has 0 bridgehead atoms. The van der Waals surface area contributed by atoms with Crippen molar-refractivity contribution < 1.29 is 0 Å². The van der Waals surface area contributed by atoms with E-state index in [0.717, 1.165) is 55.9 Å². The Morgan fingerprint density at radius 2 is 0.714 bits per heavy atom. The molecule has 2 heterocycles. The van der Waals surface area contributed by atoms with Crippen LogP contribution < -0.4 is 0 Å². The number of aromatic nitrogens is 4. The van der Waals surface area contributed by atoms with Gasteiger partial charge in [0.1, 0.15) is 0 Å². The predicted octanol–water partition coefficient (Wildman–Crippen LogP) is 14.2. The highest BCUT2D eigenvalue weighted by Crippen LogP contribution is 2.64. The fourth-order valence-corrected chi connectivity index (χ4v) is 10.2. The van der Waals surface area contributed by atoms with E-state index in [9.17, 15) is 0 Å². The second-order valence-electron chi connectivity index (χ2n) is 16.6. The molecule has 63 heavy (non-hydrogen) atoms. The zero-order chi connectivity index (χ0) is 42.1. The molecule has 0 radical (unpaired) electrons. The van der Waals surface area contributed by atoms with E-state index in [4.69, 9.17) is 19.9 Å². The molecule has 8 aromatic carbocycles. The first kappa shape index (κ1) is 36.7. The Morgan fingerprint density at radius 3 is 1.30 bits per heavy atom. The molecule has 0 atom stereocenters. The number of fused-ring (bicyclic) bond motifs is 10. The summed E-state index contributed by atoms with van der Waals surface area (Å²) in [7, 11) is 0. The average molecular weight is 805 g/mol. The lowest BCUT2D eigenvalue weighted by molar-refractivity contribution is 0.794. The van der Waals surface area contributed by atoms with Gasteiger partial charge in [-0.3, -0.25) is 4.98 Å². The van der Waals surface area contributed by atoms with Gasteiger partial charge >= 0.3 is 0 Å². The van der Waals surface area contributed by atoms with E-state index in [1.165, 1.54) is 50.1 Å². The van der Waals surface area contributed by atoms with E-state index >= 15 is 0 Å². The molecule has 4 nitrogen and oxygen atoms in total. The molecule has 12 rings (SSSR count). The van der Waals surface area contributed by atoms with Crippen molar-refractivity contribution >= 4 is 0 Å². The summed E-state index contributed by atoms with van der Waals surface area (Å²) in [4.78, 5) is 20.6. The van der Waals surface area contributed by atoms with Crippen LogP contribution in [0.1, 0.15) is 33.6 Å². The Morgan fingerprint density at radius 1 is 0.286 bits per heavy atom. The fourth-order valence-electron chi connectivity index (χ4n) is 10.2. The van der Waals surface area contributed by atoms with Crippen LogP contribution in [0.15, 0.2) is 206 Å². The van der Waals surface area contributed by atoms with Crippen molar-refractivity contribution in [1.29, 1.82) is 0 Å². The predicted molar refractivity (Wildman–Crippen MR) is 256 cm³/mol. The van der Waals surface area contributed by atoms with Crippen molar-refractivity contribution in [2.75, 3.05) is 0 Å². The molecule has 0 saturated carbocycles. The molecule has 2 aromatic heterocycles. The molecule has 10 aromatic rings. The van der Waals surface area contributed by atoms with Crippen LogP contribution in [0.2, 0.25) is 0 Å². The fraction of sp³-hybridized carbons (Fsp3) is 0.0508. The molecule has 1 spiro atoms. The summed E-state index contributed by atoms with van der Waals surface area (Å²) in [5.41, 5.74) is 21.2. The minimum Gasteiger partial charge on any atom is -0.258 e. The van der Waals surface area contributed by atoms with E-state index in [1.54, 1.807) is 0 Å². The zero-order valence-corrected chi connectivity index (χ0v) is 34.9. The Kier molecular flexibility index (Phi) is 8.48. The number of aryl methyl sites for hydroxylation is 2. The lowest BCUT2D eigenvalue weighted by atomic mass is 9.70. The largest absolute Gasteiger partial charge is 0.258 e. The molecular formula is C59H40N4. The summed E-state index contributed by atoms with van der Waals surface area (Å²) in [6.07, 6.45) is 0. The van der Waals surface area contributed by atoms with Crippen LogP contribution in [0.25, 0.3) is 89.8 Å². The van der Waals surface area contributed by atoms with Crippen LogP contribution in [-0.4, -0.2) is 19.9 Å². The average Bonchev–Trinajstić information content (AvgIpc) is 3.82. The third kappa shape index (κ3) is 5.83. The maximum Gasteiger partial charge on any atom is 0.164 e. The third-order valence-corrected chi connectivity index (χ3v) is 13.0. The SMILES string of the molecule is Cc1ccc(-c2ccc(-c3cc(-c4nc(-c5ccccc5)nc(-c5ccc(-c6ccccc6)cc5)n4)cc4c3-c3ccccc3C43c4ccccc4-c4ccccc43)cc2)c(C)n1. The highest BCUT2D eigenvalue weighted by atomic mass is 15.0. The standard InChI is InChI=1S/C59H40N4/c1-37-25-34-46(38(2)60-37)41-28-30-42(31-29-41)50-35-45(36-54-55(50)49-21-11-14-24-53(49)59(54)51-22-12-9-19-47(51)48-20-10-13-23-52(48)59)58-62-56(43-17-7-4-8-18-43)61-57(63-58)44-32-26-40(27-33-44)39-15-5-3-6-16-39/h3-36H,1-2H3. The van der Waals surface area contributed by atoms with Crippen molar-refractivity contribution in [3.8, 4) is 89.8 Å². The molecule has 0 N–H and O–H groups in total. The van der Waals surface area contributed by atoms with Crippen LogP contribution in [0, 0.1) is 13.8 Å². The smallest absolute Gasteiger partial charge is 0.164 e. The number of nitrogens with zero attached hydrogens (tertiary/aromatic N) is 4. The van der Waals surface area contributed by atoms with Gasteiger partial charge in [-0.1, -0.05) is 188 Å². The van der Waals surface area contributed by atoms with Crippen molar-refractivity contribution in [3.63, 3.8) is 0 Å². The molecule has 2 aliphatic rings. The van der Waals surface area contributed by atoms with Crippen molar-refractivity contribution in [2.45, 2.75) is 19.3 Å². The van der Waals surface area contributed by atoms with Gasteiger partial charge in [0, 0.05) is 33.6 Å². The number of rotatable bonds is 6. The van der Waals surface area contributed by atoms with E-state index in [1.807, 2.05) is 31.2 Å². The first-order valence-corrected chi connectivity index (χ1v) is 21.6. The molecular weight excluding hydrogens is 765 g/mol. The minimum atomic E-state index is -0.556. The summed E-state index contributed by atoms with van der Waals surface area (Å²) in [5.74, 6) is 1.88. The van der Waals surface area contributed by atoms with E-state index in [0.29, 0.717) is 17.5 Å². The molecule has 0 saturated heterocycles. The van der Waals surface area contributed by atoms with E-state index in [-0.39, 0.29) is 0 Å². The molecule has 4 heteroatoms. The van der Waals surface area contributed by atoms with Crippen LogP contribution in [-0.2, 0) is 5.41 Å². The van der Waals surface area contributed by atoms with Crippen molar-refractivity contribution in [1.82, 2.24) is 19.9 Å². The molecule has 0 aliphatic heterocycles. The molecule has 0 fully saturated rings. The topological polar surface area (TPSA) is 51.6 Å². The Hall–Kier alpha value is -8.08. The molecule has 2 aliphatic carbocycles. The number of pyridine rings is 1. The molecule has 296 valence electrons. The van der Waals surface area contributed by atoms with Gasteiger partial charge in [0.15, 0.2) is 17.5 Å². The van der Waals surface area contributed by atoms with Gasteiger partial charge < -0.3 is 0 Å². The lowest BCUT2D eigenvalue weighted by Gasteiger charge is -2.31. The summed E-state index contributed by atoms with van der Waals surface area (Å²) < 4.78 is 0. The summed E-state index contributed by atoms with van der Waals surface area (Å²) >= 11 is 0. The van der Waals surface area contributed by atoms with Gasteiger partial charge in [-0.2, -0.15) is 0 Å². The van der Waals surface area contributed by atoms with Crippen LogP contribution in [0.4, 0.5) is 0 Å². The summed E-state index contributed by atoms with van der Waals surface area (Å²) in [5, 5.41) is 0. The molecule has 0 unspecified atom stereocenters. The second kappa shape index (κ2) is 14.5. The quantitative estimate of drug-likeness (QED) is 0.168. The van der Waals surface area contributed by atoms with E-state index < -0.39 is 5.41 Å². The van der Waals surface area contributed by atoms with Gasteiger partial charge in [0.05, 0.1) is 5.41 Å². The first-order valence-electron chi connectivity index (χ1n) is 21.6. The third-order valence-electron chi connectivity index (χ3n) is 13.0. The van der Waals surface area contributed by atoms with Gasteiger partial charge in [0.2, 0.25) is 0 Å². The summed E-state index contributed by atoms with van der Waals surface area (Å²) in [6, 6.07) is 74.1. The minimum absolute atomic E-state index is 0.556. The van der Waals surface area contributed by atoms with Crippen molar-refractivity contribution in [2.24, 2.45) is 0 Å². The van der Waals surface area contributed by atoms with Gasteiger partial charge in [0.25, 0.3) is 0 Å². The molecule has 0 amide bonds. The number of hydrogen-bond donors (Lipinski definition) is 0. The Bertz CT molecular complexity index is 3350. The maximum absolute atomic E-state index is 5.36. The van der Waals surface area contributed by atoms with Crippen LogP contribution in [0.3, 0.4) is 0 Å². The highest BCUT2D eigenvalue weighted by molar-refractivity contribution is 6.01. The summed E-state index contributed by atoms with van der Waals surface area (Å²) in [6.45, 7) is 4.13. The van der Waals surface area contributed by atoms with Crippen molar-refractivity contribution in [3.05, 3.63) is 240 Å². The number of hydrogen-bond acceptors (Lipinski definition) is 4. The maximum atomic E-state index is 5.36. The first-order chi connectivity index (χ1) is 31.0. The Balaban J connectivity index is 1.12. The monoisotopic (exact) mass is 804 g/mol. The van der Waals surface area contributed by atoms with E-state index in [2.05, 4.69) is 189 Å². The van der Waals surface area contributed by atoms with Gasteiger partial charge in [-0.25, -0.2) is 15.0 Å². The lowest BCUT2D eigenvalue weighted by Crippen LogP contribution is -2.26. The Labute approximate surface area is 367 Å². The van der Waals surface area contributed by atoms with Gasteiger partial charge in [-0.15, -0.1) is 0 Å². The van der Waals surface area contributed by atoms with Crippen LogP contribution in [0.5, 0.6) is 0 Å². The van der Waals surface area contributed by atoms with Gasteiger partial charge in [-0.05, 0) is 104 Å². The van der Waals surface area contributed by atoms with Crippen LogP contribution >= 0.6 is 0 Å².